The summed E-state index contributed by atoms with van der Waals surface area (Å²) in [6.45, 7) is 2.20. The minimum atomic E-state index is -0.553. The average Bonchev–Trinajstić information content (AvgIpc) is 2.25. The van der Waals surface area contributed by atoms with Gasteiger partial charge in [0.25, 0.3) is 0 Å². The molecule has 0 spiro atoms. The van der Waals surface area contributed by atoms with Crippen molar-refractivity contribution in [3.8, 4) is 0 Å². The highest BCUT2D eigenvalue weighted by molar-refractivity contribution is 4.84. The molecule has 1 saturated carbocycles. The van der Waals surface area contributed by atoms with Crippen LogP contribution in [0, 0.1) is 0 Å². The van der Waals surface area contributed by atoms with Crippen LogP contribution in [0.4, 0.5) is 0 Å². The van der Waals surface area contributed by atoms with Crippen molar-refractivity contribution in [3.63, 3.8) is 0 Å². The molecule has 0 aromatic carbocycles. The first-order valence-corrected chi connectivity index (χ1v) is 7.07. The van der Waals surface area contributed by atoms with Crippen molar-refractivity contribution in [3.05, 3.63) is 0 Å². The maximum absolute atomic E-state index is 10.3. The quantitative estimate of drug-likeness (QED) is 0.656. The van der Waals surface area contributed by atoms with Gasteiger partial charge in [-0.1, -0.05) is 51.9 Å². The van der Waals surface area contributed by atoms with Gasteiger partial charge in [-0.3, -0.25) is 0 Å². The Hall–Kier alpha value is -0.0800. The smallest absolute Gasteiger partial charge is 0.0672 e. The lowest BCUT2D eigenvalue weighted by atomic mass is 9.80. The van der Waals surface area contributed by atoms with Crippen molar-refractivity contribution >= 4 is 0 Å². The molecule has 1 atom stereocenters. The third kappa shape index (κ3) is 5.31. The van der Waals surface area contributed by atoms with Crippen molar-refractivity contribution in [1.82, 2.24) is 0 Å². The van der Waals surface area contributed by atoms with Crippen molar-refractivity contribution in [2.75, 3.05) is 0 Å². The second kappa shape index (κ2) is 7.29. The monoisotopic (exact) mass is 228 g/mol. The Balaban J connectivity index is 2.14. The number of hydrogen-bond acceptors (Lipinski definition) is 2. The summed E-state index contributed by atoms with van der Waals surface area (Å²) in [5.41, 5.74) is -0.553. The molecule has 0 aliphatic heterocycles. The molecule has 0 aromatic heterocycles. The highest BCUT2D eigenvalue weighted by atomic mass is 16.3. The molecule has 0 bridgehead atoms. The van der Waals surface area contributed by atoms with Crippen LogP contribution in [0.15, 0.2) is 0 Å². The van der Waals surface area contributed by atoms with Gasteiger partial charge in [0.1, 0.15) is 0 Å². The number of aliphatic hydroxyl groups excluding tert-OH is 1. The van der Waals surface area contributed by atoms with Crippen molar-refractivity contribution in [2.45, 2.75) is 89.3 Å². The van der Waals surface area contributed by atoms with Crippen LogP contribution in [-0.2, 0) is 0 Å². The van der Waals surface area contributed by atoms with Gasteiger partial charge in [0.05, 0.1) is 11.7 Å². The van der Waals surface area contributed by atoms with Crippen LogP contribution < -0.4 is 0 Å². The van der Waals surface area contributed by atoms with Gasteiger partial charge in [-0.25, -0.2) is 0 Å². The zero-order valence-corrected chi connectivity index (χ0v) is 10.7. The van der Waals surface area contributed by atoms with Crippen molar-refractivity contribution < 1.29 is 10.2 Å². The fraction of sp³-hybridized carbons (Fsp3) is 1.00. The molecular formula is C14H28O2. The molecule has 0 amide bonds. The molecular weight excluding hydrogens is 200 g/mol. The number of hydrogen-bond donors (Lipinski definition) is 2. The number of aliphatic hydroxyl groups is 2. The molecule has 1 aliphatic rings. The molecule has 2 heteroatoms. The average molecular weight is 228 g/mol. The van der Waals surface area contributed by atoms with Gasteiger partial charge in [-0.05, 0) is 19.3 Å². The van der Waals surface area contributed by atoms with E-state index in [1.165, 1.54) is 25.7 Å². The van der Waals surface area contributed by atoms with E-state index < -0.39 is 5.60 Å². The number of unbranched alkanes of at least 4 members (excludes halogenated alkanes) is 3. The second-order valence-corrected chi connectivity index (χ2v) is 5.49. The van der Waals surface area contributed by atoms with Gasteiger partial charge in [0.15, 0.2) is 0 Å². The van der Waals surface area contributed by atoms with Crippen LogP contribution in [-0.4, -0.2) is 21.9 Å². The molecule has 0 heterocycles. The van der Waals surface area contributed by atoms with E-state index in [1.807, 2.05) is 0 Å². The van der Waals surface area contributed by atoms with Gasteiger partial charge in [-0.15, -0.1) is 0 Å². The molecule has 0 aromatic rings. The van der Waals surface area contributed by atoms with E-state index >= 15 is 0 Å². The minimum absolute atomic E-state index is 0.292. The normalized spacial score (nSPS) is 21.9. The van der Waals surface area contributed by atoms with Crippen LogP contribution in [0.1, 0.15) is 77.6 Å². The molecule has 16 heavy (non-hydrogen) atoms. The molecule has 96 valence electrons. The Kier molecular flexibility index (Phi) is 6.37. The summed E-state index contributed by atoms with van der Waals surface area (Å²) in [6.07, 6.45) is 11.3. The van der Waals surface area contributed by atoms with Gasteiger partial charge in [0, 0.05) is 6.42 Å². The molecule has 0 radical (unpaired) electrons. The van der Waals surface area contributed by atoms with Gasteiger partial charge < -0.3 is 10.2 Å². The minimum Gasteiger partial charge on any atom is -0.393 e. The van der Waals surface area contributed by atoms with E-state index in [9.17, 15) is 10.2 Å². The molecule has 1 rings (SSSR count). The van der Waals surface area contributed by atoms with Gasteiger partial charge in [-0.2, -0.15) is 0 Å². The SMILES string of the molecule is CCCCCCC(O)CC1(O)CCCCC1. The predicted molar refractivity (Wildman–Crippen MR) is 67.4 cm³/mol. The molecule has 1 aliphatic carbocycles. The topological polar surface area (TPSA) is 40.5 Å². The first kappa shape index (κ1) is 14.0. The fourth-order valence-corrected chi connectivity index (χ4v) is 2.76. The number of rotatable bonds is 7. The van der Waals surface area contributed by atoms with Gasteiger partial charge >= 0.3 is 0 Å². The Morgan fingerprint density at radius 2 is 1.75 bits per heavy atom. The Morgan fingerprint density at radius 3 is 2.38 bits per heavy atom. The summed E-state index contributed by atoms with van der Waals surface area (Å²) < 4.78 is 0. The van der Waals surface area contributed by atoms with E-state index in [-0.39, 0.29) is 6.10 Å². The molecule has 1 unspecified atom stereocenters. The fourth-order valence-electron chi connectivity index (χ4n) is 2.76. The Bertz CT molecular complexity index is 174. The van der Waals surface area contributed by atoms with Crippen LogP contribution in [0.3, 0.4) is 0 Å². The summed E-state index contributed by atoms with van der Waals surface area (Å²) in [6, 6.07) is 0. The first-order chi connectivity index (χ1) is 7.66. The van der Waals surface area contributed by atoms with E-state index in [2.05, 4.69) is 6.92 Å². The summed E-state index contributed by atoms with van der Waals surface area (Å²) in [5, 5.41) is 20.2. The lowest BCUT2D eigenvalue weighted by Crippen LogP contribution is -2.35. The third-order valence-electron chi connectivity index (χ3n) is 3.79. The third-order valence-corrected chi connectivity index (χ3v) is 3.79. The molecule has 2 nitrogen and oxygen atoms in total. The molecule has 2 N–H and O–H groups in total. The van der Waals surface area contributed by atoms with E-state index in [0.717, 1.165) is 38.5 Å². The van der Waals surface area contributed by atoms with Gasteiger partial charge in [0.2, 0.25) is 0 Å². The maximum Gasteiger partial charge on any atom is 0.0672 e. The standard InChI is InChI=1S/C14H28O2/c1-2-3-4-6-9-13(15)12-14(16)10-7-5-8-11-14/h13,15-16H,2-12H2,1H3. The van der Waals surface area contributed by atoms with Crippen LogP contribution in [0.5, 0.6) is 0 Å². The van der Waals surface area contributed by atoms with Crippen molar-refractivity contribution in [2.24, 2.45) is 0 Å². The summed E-state index contributed by atoms with van der Waals surface area (Å²) in [4.78, 5) is 0. The van der Waals surface area contributed by atoms with E-state index in [1.54, 1.807) is 0 Å². The highest BCUT2D eigenvalue weighted by Gasteiger charge is 2.31. The summed E-state index contributed by atoms with van der Waals surface area (Å²) in [5.74, 6) is 0. The van der Waals surface area contributed by atoms with Crippen molar-refractivity contribution in [1.29, 1.82) is 0 Å². The Labute approximate surface area is 100 Å². The first-order valence-electron chi connectivity index (χ1n) is 7.07. The zero-order valence-electron chi connectivity index (χ0n) is 10.7. The molecule has 1 fully saturated rings. The van der Waals surface area contributed by atoms with Crippen LogP contribution in [0.25, 0.3) is 0 Å². The lowest BCUT2D eigenvalue weighted by molar-refractivity contribution is -0.0393. The predicted octanol–water partition coefficient (Wildman–Crippen LogP) is 3.40. The second-order valence-electron chi connectivity index (χ2n) is 5.49. The molecule has 0 saturated heterocycles. The highest BCUT2D eigenvalue weighted by Crippen LogP contribution is 2.32. The van der Waals surface area contributed by atoms with E-state index in [0.29, 0.717) is 6.42 Å². The lowest BCUT2D eigenvalue weighted by Gasteiger charge is -2.33. The largest absolute Gasteiger partial charge is 0.393 e. The van der Waals surface area contributed by atoms with Crippen LogP contribution >= 0.6 is 0 Å². The summed E-state index contributed by atoms with van der Waals surface area (Å²) >= 11 is 0. The Morgan fingerprint density at radius 1 is 1.06 bits per heavy atom. The zero-order chi connectivity index (χ0) is 11.9. The van der Waals surface area contributed by atoms with Crippen LogP contribution in [0.2, 0.25) is 0 Å². The maximum atomic E-state index is 10.3. The van der Waals surface area contributed by atoms with E-state index in [4.69, 9.17) is 0 Å². The summed E-state index contributed by atoms with van der Waals surface area (Å²) in [7, 11) is 0.